The Labute approximate surface area is 195 Å². The number of hydrogen-bond donors (Lipinski definition) is 3. The predicted octanol–water partition coefficient (Wildman–Crippen LogP) is 3.91. The number of likely N-dealkylation sites (tertiary alicyclic amines) is 1. The summed E-state index contributed by atoms with van der Waals surface area (Å²) in [6.07, 6.45) is 1.13. The Hall–Kier alpha value is -3.46. The summed E-state index contributed by atoms with van der Waals surface area (Å²) >= 11 is 0. The number of benzene rings is 2. The molecule has 2 aliphatic rings. The van der Waals surface area contributed by atoms with E-state index in [0.29, 0.717) is 43.7 Å². The molecule has 3 N–H and O–H groups in total. The first-order valence-corrected chi connectivity index (χ1v) is 11.3. The first kappa shape index (κ1) is 22.3. The number of piperidine rings is 1. The summed E-state index contributed by atoms with van der Waals surface area (Å²) in [7, 11) is 0. The SMILES string of the molecule is CC(=O)N1CC2(CCN(C(=O)Nc3ccccc3F)CC2)c2c([nH]c3cc(F)ccc23)[C@@H]1CO. The van der Waals surface area contributed by atoms with Crippen LogP contribution in [0.1, 0.15) is 37.1 Å². The third kappa shape index (κ3) is 3.60. The zero-order valence-electron chi connectivity index (χ0n) is 18.8. The number of nitrogens with zero attached hydrogens (tertiary/aromatic N) is 2. The van der Waals surface area contributed by atoms with Gasteiger partial charge in [-0.05, 0) is 48.7 Å². The zero-order chi connectivity index (χ0) is 24.0. The molecule has 1 spiro atoms. The van der Waals surface area contributed by atoms with Gasteiger partial charge < -0.3 is 25.2 Å². The number of carbonyl (C=O) groups excluding carboxylic acids is 2. The fourth-order valence-corrected chi connectivity index (χ4v) is 5.51. The molecule has 34 heavy (non-hydrogen) atoms. The first-order chi connectivity index (χ1) is 16.3. The molecule has 5 rings (SSSR count). The Balaban J connectivity index is 1.47. The lowest BCUT2D eigenvalue weighted by molar-refractivity contribution is -0.134. The number of aliphatic hydroxyl groups excluding tert-OH is 1. The number of aromatic amines is 1. The molecule has 7 nitrogen and oxygen atoms in total. The van der Waals surface area contributed by atoms with Crippen LogP contribution in [0.25, 0.3) is 10.9 Å². The van der Waals surface area contributed by atoms with E-state index in [1.54, 1.807) is 28.0 Å². The molecule has 3 amide bonds. The van der Waals surface area contributed by atoms with Crippen LogP contribution >= 0.6 is 0 Å². The number of aliphatic hydroxyl groups is 1. The Morgan fingerprint density at radius 1 is 1.18 bits per heavy atom. The van der Waals surface area contributed by atoms with Crippen molar-refractivity contribution < 1.29 is 23.5 Å². The Morgan fingerprint density at radius 3 is 2.59 bits per heavy atom. The van der Waals surface area contributed by atoms with Gasteiger partial charge in [0.05, 0.1) is 18.3 Å². The number of urea groups is 1. The van der Waals surface area contributed by atoms with Gasteiger partial charge in [-0.2, -0.15) is 0 Å². The minimum atomic E-state index is -0.545. The maximum Gasteiger partial charge on any atom is 0.321 e. The van der Waals surface area contributed by atoms with E-state index in [-0.39, 0.29) is 30.0 Å². The highest BCUT2D eigenvalue weighted by atomic mass is 19.1. The van der Waals surface area contributed by atoms with E-state index in [9.17, 15) is 23.5 Å². The molecular weight excluding hydrogens is 442 g/mol. The highest BCUT2D eigenvalue weighted by Gasteiger charge is 2.48. The Bertz CT molecular complexity index is 1270. The van der Waals surface area contributed by atoms with Gasteiger partial charge in [0.2, 0.25) is 5.91 Å². The van der Waals surface area contributed by atoms with Crippen LogP contribution in [-0.2, 0) is 10.2 Å². The molecule has 0 unspecified atom stereocenters. The lowest BCUT2D eigenvalue weighted by Gasteiger charge is -2.50. The number of carbonyl (C=O) groups is 2. The number of fused-ring (bicyclic) bond motifs is 4. The van der Waals surface area contributed by atoms with Crippen molar-refractivity contribution in [1.82, 2.24) is 14.8 Å². The second kappa shape index (κ2) is 8.39. The van der Waals surface area contributed by atoms with E-state index in [4.69, 9.17) is 0 Å². The van der Waals surface area contributed by atoms with Crippen LogP contribution in [0.2, 0.25) is 0 Å². The summed E-state index contributed by atoms with van der Waals surface area (Å²) in [6.45, 7) is 2.43. The van der Waals surface area contributed by atoms with Crippen molar-refractivity contribution in [3.05, 3.63) is 65.4 Å². The number of nitrogens with one attached hydrogen (secondary N) is 2. The molecule has 1 fully saturated rings. The topological polar surface area (TPSA) is 88.7 Å². The van der Waals surface area contributed by atoms with Crippen molar-refractivity contribution in [3.8, 4) is 0 Å². The second-order valence-electron chi connectivity index (χ2n) is 9.13. The number of H-pyrrole nitrogens is 1. The van der Waals surface area contributed by atoms with Crippen LogP contribution in [0.5, 0.6) is 0 Å². The molecule has 1 aromatic heterocycles. The summed E-state index contributed by atoms with van der Waals surface area (Å²) < 4.78 is 27.9. The predicted molar refractivity (Wildman–Crippen MR) is 123 cm³/mol. The third-order valence-electron chi connectivity index (χ3n) is 7.20. The van der Waals surface area contributed by atoms with Crippen LogP contribution in [-0.4, -0.2) is 58.1 Å². The highest BCUT2D eigenvalue weighted by Crippen LogP contribution is 2.48. The van der Waals surface area contributed by atoms with Crippen molar-refractivity contribution in [3.63, 3.8) is 0 Å². The molecule has 0 bridgehead atoms. The van der Waals surface area contributed by atoms with Crippen LogP contribution in [0.3, 0.4) is 0 Å². The number of hydrogen-bond acceptors (Lipinski definition) is 3. The molecule has 0 saturated carbocycles. The van der Waals surface area contributed by atoms with Gasteiger partial charge in [-0.3, -0.25) is 4.79 Å². The van der Waals surface area contributed by atoms with E-state index in [2.05, 4.69) is 10.3 Å². The fraction of sp³-hybridized carbons (Fsp3) is 0.360. The average Bonchev–Trinajstić information content (AvgIpc) is 3.20. The molecule has 2 aromatic carbocycles. The smallest absolute Gasteiger partial charge is 0.321 e. The van der Waals surface area contributed by atoms with Crippen LogP contribution in [0, 0.1) is 11.6 Å². The maximum atomic E-state index is 14.0. The van der Waals surface area contributed by atoms with Gasteiger partial charge in [0.15, 0.2) is 0 Å². The van der Waals surface area contributed by atoms with Crippen molar-refractivity contribution in [1.29, 1.82) is 0 Å². The van der Waals surface area contributed by atoms with Crippen molar-refractivity contribution in [2.75, 3.05) is 31.6 Å². The standard InChI is InChI=1S/C25H26F2N4O3/c1-15(33)31-14-25(22-17-7-6-16(26)12-20(17)28-23(22)21(31)13-32)8-10-30(11-9-25)24(34)29-19-5-3-2-4-18(19)27/h2-7,12,21,28,32H,8-11,13-14H2,1H3,(H,29,34)/t21-/m0/s1. The second-order valence-corrected chi connectivity index (χ2v) is 9.13. The van der Waals surface area contributed by atoms with Gasteiger partial charge in [0.25, 0.3) is 0 Å². The first-order valence-electron chi connectivity index (χ1n) is 11.3. The summed E-state index contributed by atoms with van der Waals surface area (Å²) in [6, 6.07) is 9.65. The molecule has 3 aromatic rings. The minimum absolute atomic E-state index is 0.125. The van der Waals surface area contributed by atoms with Crippen molar-refractivity contribution in [2.24, 2.45) is 0 Å². The number of aromatic nitrogens is 1. The third-order valence-corrected chi connectivity index (χ3v) is 7.20. The molecule has 9 heteroatoms. The molecule has 3 heterocycles. The van der Waals surface area contributed by atoms with Crippen LogP contribution < -0.4 is 5.32 Å². The van der Waals surface area contributed by atoms with E-state index in [1.807, 2.05) is 0 Å². The van der Waals surface area contributed by atoms with Crippen molar-refractivity contribution in [2.45, 2.75) is 31.2 Å². The van der Waals surface area contributed by atoms with Gasteiger partial charge in [-0.15, -0.1) is 0 Å². The van der Waals surface area contributed by atoms with Gasteiger partial charge >= 0.3 is 6.03 Å². The summed E-state index contributed by atoms with van der Waals surface area (Å²) in [5, 5.41) is 13.6. The van der Waals surface area contributed by atoms with Crippen LogP contribution in [0.15, 0.2) is 42.5 Å². The van der Waals surface area contributed by atoms with E-state index >= 15 is 0 Å². The van der Waals surface area contributed by atoms with E-state index in [0.717, 1.165) is 10.9 Å². The number of rotatable bonds is 2. The van der Waals surface area contributed by atoms with Gasteiger partial charge in [0, 0.05) is 48.6 Å². The zero-order valence-corrected chi connectivity index (χ0v) is 18.8. The molecule has 1 saturated heterocycles. The quantitative estimate of drug-likeness (QED) is 0.533. The molecule has 178 valence electrons. The summed E-state index contributed by atoms with van der Waals surface area (Å²) in [5.74, 6) is -1.03. The fourth-order valence-electron chi connectivity index (χ4n) is 5.51. The number of anilines is 1. The lowest BCUT2D eigenvalue weighted by Crippen LogP contribution is -2.55. The van der Waals surface area contributed by atoms with E-state index < -0.39 is 17.3 Å². The maximum absolute atomic E-state index is 14.0. The normalized spacial score (nSPS) is 19.4. The lowest BCUT2D eigenvalue weighted by atomic mass is 9.68. The van der Waals surface area contributed by atoms with E-state index in [1.165, 1.54) is 31.2 Å². The highest BCUT2D eigenvalue weighted by molar-refractivity contribution is 5.90. The minimum Gasteiger partial charge on any atom is -0.394 e. The van der Waals surface area contributed by atoms with Gasteiger partial charge in [-0.25, -0.2) is 13.6 Å². The monoisotopic (exact) mass is 468 g/mol. The largest absolute Gasteiger partial charge is 0.394 e. The van der Waals surface area contributed by atoms with Crippen molar-refractivity contribution >= 4 is 28.5 Å². The molecule has 0 aliphatic carbocycles. The Morgan fingerprint density at radius 2 is 1.91 bits per heavy atom. The molecule has 2 aliphatic heterocycles. The molecular formula is C25H26F2N4O3. The average molecular weight is 469 g/mol. The number of amides is 3. The summed E-state index contributed by atoms with van der Waals surface area (Å²) in [5.41, 5.74) is 1.98. The summed E-state index contributed by atoms with van der Waals surface area (Å²) in [4.78, 5) is 31.9. The van der Waals surface area contributed by atoms with Crippen LogP contribution in [0.4, 0.5) is 19.3 Å². The number of para-hydroxylation sites is 1. The molecule has 0 radical (unpaired) electrons. The van der Waals surface area contributed by atoms with Gasteiger partial charge in [-0.1, -0.05) is 12.1 Å². The molecule has 1 atom stereocenters. The Kier molecular flexibility index (Phi) is 5.51. The number of halogens is 2. The van der Waals surface area contributed by atoms with Gasteiger partial charge in [0.1, 0.15) is 11.6 Å².